The number of likely N-dealkylation sites (N-methyl/N-ethyl adjacent to an activating group) is 1. The van der Waals surface area contributed by atoms with Gasteiger partial charge in [-0.2, -0.15) is 0 Å². The van der Waals surface area contributed by atoms with Crippen LogP contribution in [0.4, 0.5) is 4.79 Å². The molecule has 2 heterocycles. The van der Waals surface area contributed by atoms with Crippen molar-refractivity contribution >= 4 is 24.1 Å². The third-order valence-corrected chi connectivity index (χ3v) is 3.88. The molecule has 1 unspecified atom stereocenters. The van der Waals surface area contributed by atoms with Crippen LogP contribution in [0.3, 0.4) is 0 Å². The first-order chi connectivity index (χ1) is 11.6. The topological polar surface area (TPSA) is 95.2 Å². The van der Waals surface area contributed by atoms with Crippen molar-refractivity contribution in [1.82, 2.24) is 15.1 Å². The van der Waals surface area contributed by atoms with Gasteiger partial charge in [0.05, 0.1) is 19.4 Å². The van der Waals surface area contributed by atoms with Crippen LogP contribution >= 0.6 is 0 Å². The number of carbonyl (C=O) groups is 3. The maximum absolute atomic E-state index is 12.4. The summed E-state index contributed by atoms with van der Waals surface area (Å²) < 4.78 is 5.15. The van der Waals surface area contributed by atoms with E-state index in [0.29, 0.717) is 12.3 Å². The van der Waals surface area contributed by atoms with Crippen molar-refractivity contribution in [2.24, 2.45) is 10.9 Å². The Bertz CT molecular complexity index is 608. The number of hydrogen-bond acceptors (Lipinski definition) is 6. The van der Waals surface area contributed by atoms with Crippen LogP contribution in [0.1, 0.15) is 19.6 Å². The minimum atomic E-state index is -1.09. The number of aliphatic imine (C=N–C) groups is 1. The van der Waals surface area contributed by atoms with Crippen LogP contribution in [0.5, 0.6) is 0 Å². The normalized spacial score (nSPS) is 18.7. The third kappa shape index (κ3) is 4.29. The van der Waals surface area contributed by atoms with Crippen molar-refractivity contribution in [3.8, 4) is 0 Å². The molecule has 0 aliphatic carbocycles. The minimum absolute atomic E-state index is 0.0191. The van der Waals surface area contributed by atoms with Crippen LogP contribution < -0.4 is 5.32 Å². The van der Waals surface area contributed by atoms with Crippen molar-refractivity contribution < 1.29 is 18.8 Å². The van der Waals surface area contributed by atoms with E-state index in [9.17, 15) is 14.4 Å². The zero-order valence-electron chi connectivity index (χ0n) is 13.9. The summed E-state index contributed by atoms with van der Waals surface area (Å²) in [5.74, 6) is -1.86. The Hall–Kier alpha value is -2.48. The molecule has 1 aromatic rings. The molecule has 1 aliphatic rings. The lowest BCUT2D eigenvalue weighted by molar-refractivity contribution is -0.139. The molecule has 0 saturated carbocycles. The van der Waals surface area contributed by atoms with Crippen molar-refractivity contribution in [2.75, 3.05) is 26.2 Å². The first kappa shape index (κ1) is 17.9. The second-order valence-corrected chi connectivity index (χ2v) is 5.36. The van der Waals surface area contributed by atoms with E-state index in [-0.39, 0.29) is 6.54 Å². The summed E-state index contributed by atoms with van der Waals surface area (Å²) in [7, 11) is 0. The Balaban J connectivity index is 1.99. The summed E-state index contributed by atoms with van der Waals surface area (Å²) in [5, 5.41) is 2.18. The van der Waals surface area contributed by atoms with Crippen LogP contribution in [0, 0.1) is 5.92 Å². The fraction of sp³-hybridized carbons (Fsp3) is 0.500. The standard InChI is InChI=1S/C16H22N4O4/c1-3-19(4-2)8-7-17-10-13-14(21)18-16(23)20(15(13)22)11-12-6-5-9-24-12/h5-6,9-10,13H,3-4,7-8,11H2,1-2H3,(H,18,21,23). The van der Waals surface area contributed by atoms with Crippen LogP contribution in [0.25, 0.3) is 0 Å². The lowest BCUT2D eigenvalue weighted by Gasteiger charge is -2.27. The largest absolute Gasteiger partial charge is 0.467 e. The average molecular weight is 334 g/mol. The molecule has 24 heavy (non-hydrogen) atoms. The van der Waals surface area contributed by atoms with Crippen LogP contribution in [0.15, 0.2) is 27.8 Å². The summed E-state index contributed by atoms with van der Waals surface area (Å²) >= 11 is 0. The highest BCUT2D eigenvalue weighted by atomic mass is 16.3. The van der Waals surface area contributed by atoms with E-state index in [1.165, 1.54) is 12.5 Å². The number of nitrogens with one attached hydrogen (secondary N) is 1. The molecule has 8 heteroatoms. The number of rotatable bonds is 8. The zero-order valence-corrected chi connectivity index (χ0v) is 13.9. The number of barbiturate groups is 1. The second-order valence-electron chi connectivity index (χ2n) is 5.36. The van der Waals surface area contributed by atoms with Gasteiger partial charge in [0.1, 0.15) is 5.76 Å². The zero-order chi connectivity index (χ0) is 17.5. The van der Waals surface area contributed by atoms with E-state index in [1.807, 2.05) is 0 Å². The molecular weight excluding hydrogens is 312 g/mol. The van der Waals surface area contributed by atoms with Crippen molar-refractivity contribution in [3.05, 3.63) is 24.2 Å². The molecule has 1 N–H and O–H groups in total. The van der Waals surface area contributed by atoms with Gasteiger partial charge in [0.15, 0.2) is 5.92 Å². The number of amides is 4. The van der Waals surface area contributed by atoms with Gasteiger partial charge in [-0.05, 0) is 25.2 Å². The fourth-order valence-electron chi connectivity index (χ4n) is 2.39. The lowest BCUT2D eigenvalue weighted by Crippen LogP contribution is -2.57. The SMILES string of the molecule is CCN(CC)CCN=CC1C(=O)NC(=O)N(Cc2ccco2)C1=O. The van der Waals surface area contributed by atoms with Crippen LogP contribution in [-0.4, -0.2) is 60.0 Å². The van der Waals surface area contributed by atoms with Gasteiger partial charge in [0, 0.05) is 12.8 Å². The molecule has 1 fully saturated rings. The Morgan fingerprint density at radius 3 is 2.71 bits per heavy atom. The van der Waals surface area contributed by atoms with E-state index >= 15 is 0 Å². The molecule has 130 valence electrons. The molecule has 0 spiro atoms. The van der Waals surface area contributed by atoms with Crippen molar-refractivity contribution in [3.63, 3.8) is 0 Å². The molecule has 1 aromatic heterocycles. The van der Waals surface area contributed by atoms with Gasteiger partial charge in [0.25, 0.3) is 0 Å². The highest BCUT2D eigenvalue weighted by Gasteiger charge is 2.39. The molecule has 1 atom stereocenters. The van der Waals surface area contributed by atoms with Gasteiger partial charge in [-0.15, -0.1) is 0 Å². The highest BCUT2D eigenvalue weighted by molar-refractivity contribution is 6.23. The van der Waals surface area contributed by atoms with E-state index in [4.69, 9.17) is 4.42 Å². The van der Waals surface area contributed by atoms with E-state index in [1.54, 1.807) is 12.1 Å². The molecule has 0 aromatic carbocycles. The van der Waals surface area contributed by atoms with E-state index in [0.717, 1.165) is 24.5 Å². The maximum Gasteiger partial charge on any atom is 0.331 e. The van der Waals surface area contributed by atoms with Gasteiger partial charge >= 0.3 is 6.03 Å². The number of hydrogen-bond donors (Lipinski definition) is 1. The van der Waals surface area contributed by atoms with Crippen LogP contribution in [0.2, 0.25) is 0 Å². The fourth-order valence-corrected chi connectivity index (χ4v) is 2.39. The van der Waals surface area contributed by atoms with Gasteiger partial charge in [0.2, 0.25) is 11.8 Å². The highest BCUT2D eigenvalue weighted by Crippen LogP contribution is 2.13. The molecule has 0 bridgehead atoms. The van der Waals surface area contributed by atoms with Crippen molar-refractivity contribution in [2.45, 2.75) is 20.4 Å². The number of carbonyl (C=O) groups excluding carboxylic acids is 3. The average Bonchev–Trinajstić information content (AvgIpc) is 3.07. The smallest absolute Gasteiger partial charge is 0.331 e. The minimum Gasteiger partial charge on any atom is -0.467 e. The number of imide groups is 2. The molecule has 8 nitrogen and oxygen atoms in total. The number of nitrogens with zero attached hydrogens (tertiary/aromatic N) is 3. The van der Waals surface area contributed by atoms with Gasteiger partial charge in [-0.25, -0.2) is 4.79 Å². The Morgan fingerprint density at radius 1 is 1.33 bits per heavy atom. The number of urea groups is 1. The summed E-state index contributed by atoms with van der Waals surface area (Å²) in [5.41, 5.74) is 0. The lowest BCUT2D eigenvalue weighted by atomic mass is 10.1. The summed E-state index contributed by atoms with van der Waals surface area (Å²) in [6.45, 7) is 7.17. The van der Waals surface area contributed by atoms with Gasteiger partial charge in [-0.1, -0.05) is 13.8 Å². The Kier molecular flexibility index (Phi) is 6.25. The summed E-state index contributed by atoms with van der Waals surface area (Å²) in [6, 6.07) is 2.58. The predicted octanol–water partition coefficient (Wildman–Crippen LogP) is 0.887. The molecule has 1 saturated heterocycles. The number of furan rings is 1. The third-order valence-electron chi connectivity index (χ3n) is 3.88. The van der Waals surface area contributed by atoms with Gasteiger partial charge < -0.3 is 9.32 Å². The molecule has 0 radical (unpaired) electrons. The van der Waals surface area contributed by atoms with E-state index < -0.39 is 23.8 Å². The molecular formula is C16H22N4O4. The maximum atomic E-state index is 12.4. The summed E-state index contributed by atoms with van der Waals surface area (Å²) in [6.07, 6.45) is 2.78. The first-order valence-corrected chi connectivity index (χ1v) is 7.97. The first-order valence-electron chi connectivity index (χ1n) is 7.97. The molecule has 4 amide bonds. The predicted molar refractivity (Wildman–Crippen MR) is 87.4 cm³/mol. The summed E-state index contributed by atoms with van der Waals surface area (Å²) in [4.78, 5) is 43.5. The molecule has 1 aliphatic heterocycles. The monoisotopic (exact) mass is 334 g/mol. The van der Waals surface area contributed by atoms with Crippen molar-refractivity contribution in [1.29, 1.82) is 0 Å². The van der Waals surface area contributed by atoms with Gasteiger partial charge in [-0.3, -0.25) is 24.8 Å². The quantitative estimate of drug-likeness (QED) is 0.563. The Morgan fingerprint density at radius 2 is 2.08 bits per heavy atom. The van der Waals surface area contributed by atoms with Crippen LogP contribution in [-0.2, 0) is 16.1 Å². The van der Waals surface area contributed by atoms with E-state index in [2.05, 4.69) is 29.1 Å². The Labute approximate surface area is 140 Å². The second kappa shape index (κ2) is 8.39. The molecule has 2 rings (SSSR count).